The molecular formula is C57H69BN2O. The van der Waals surface area contributed by atoms with Gasteiger partial charge in [-0.2, -0.15) is 0 Å². The van der Waals surface area contributed by atoms with E-state index in [0.29, 0.717) is 0 Å². The van der Waals surface area contributed by atoms with Crippen LogP contribution in [0.1, 0.15) is 173 Å². The molecule has 0 aromatic heterocycles. The Bertz CT molecular complexity index is 2630. The van der Waals surface area contributed by atoms with Gasteiger partial charge in [0.05, 0.1) is 6.04 Å². The van der Waals surface area contributed by atoms with Crippen LogP contribution in [0, 0.1) is 6.92 Å². The fourth-order valence-electron chi connectivity index (χ4n) is 12.0. The Balaban J connectivity index is 1.30. The molecule has 316 valence electrons. The summed E-state index contributed by atoms with van der Waals surface area (Å²) in [7, 11) is 0. The lowest BCUT2D eigenvalue weighted by Crippen LogP contribution is -2.65. The van der Waals surface area contributed by atoms with Gasteiger partial charge in [-0.15, -0.1) is 0 Å². The van der Waals surface area contributed by atoms with E-state index in [1.165, 1.54) is 110 Å². The van der Waals surface area contributed by atoms with Gasteiger partial charge in [0.25, 0.3) is 6.71 Å². The van der Waals surface area contributed by atoms with Crippen molar-refractivity contribution in [1.29, 1.82) is 0 Å². The Hall–Kier alpha value is -4.44. The average Bonchev–Trinajstić information content (AvgIpc) is 3.56. The van der Waals surface area contributed by atoms with Crippen LogP contribution in [0.2, 0.25) is 0 Å². The molecule has 0 amide bonds. The molecule has 5 aromatic rings. The van der Waals surface area contributed by atoms with E-state index in [2.05, 4.69) is 199 Å². The van der Waals surface area contributed by atoms with Gasteiger partial charge in [0.15, 0.2) is 0 Å². The van der Waals surface area contributed by atoms with Crippen LogP contribution in [0.25, 0.3) is 0 Å². The lowest BCUT2D eigenvalue weighted by molar-refractivity contribution is 0.282. The third-order valence-electron chi connectivity index (χ3n) is 16.1. The van der Waals surface area contributed by atoms with Crippen molar-refractivity contribution in [1.82, 2.24) is 0 Å². The van der Waals surface area contributed by atoms with E-state index in [4.69, 9.17) is 4.74 Å². The van der Waals surface area contributed by atoms with Gasteiger partial charge in [0.1, 0.15) is 11.8 Å². The highest BCUT2D eigenvalue weighted by atomic mass is 16.5. The molecule has 2 unspecified atom stereocenters. The summed E-state index contributed by atoms with van der Waals surface area (Å²) in [5.74, 6) is 1.03. The molecule has 2 atom stereocenters. The maximum absolute atomic E-state index is 7.52. The van der Waals surface area contributed by atoms with Crippen molar-refractivity contribution in [3.05, 3.63) is 129 Å². The number of fused-ring (bicyclic) bond motifs is 8. The molecule has 0 radical (unpaired) electrons. The van der Waals surface area contributed by atoms with Crippen molar-refractivity contribution in [2.24, 2.45) is 0 Å². The van der Waals surface area contributed by atoms with E-state index in [1.807, 2.05) is 0 Å². The molecule has 0 saturated heterocycles. The molecule has 3 heterocycles. The zero-order chi connectivity index (χ0) is 43.6. The Morgan fingerprint density at radius 1 is 0.541 bits per heavy atom. The Labute approximate surface area is 368 Å². The van der Waals surface area contributed by atoms with Gasteiger partial charge in [-0.25, -0.2) is 0 Å². The number of aryl methyl sites for hydroxylation is 1. The van der Waals surface area contributed by atoms with E-state index < -0.39 is 0 Å². The zero-order valence-corrected chi connectivity index (χ0v) is 39.9. The topological polar surface area (TPSA) is 15.7 Å². The van der Waals surface area contributed by atoms with Crippen LogP contribution in [0.15, 0.2) is 84.9 Å². The minimum absolute atomic E-state index is 0.00633. The van der Waals surface area contributed by atoms with Gasteiger partial charge in [-0.05, 0) is 170 Å². The maximum atomic E-state index is 7.52. The number of benzene rings is 5. The summed E-state index contributed by atoms with van der Waals surface area (Å²) in [6, 6.07) is 34.2. The predicted octanol–water partition coefficient (Wildman–Crippen LogP) is 13.9. The van der Waals surface area contributed by atoms with Gasteiger partial charge < -0.3 is 14.5 Å². The molecule has 10 rings (SSSR count). The molecule has 0 saturated carbocycles. The average molecular weight is 809 g/mol. The van der Waals surface area contributed by atoms with Crippen LogP contribution < -0.4 is 25.5 Å². The van der Waals surface area contributed by atoms with Gasteiger partial charge in [0.2, 0.25) is 0 Å². The van der Waals surface area contributed by atoms with Crippen molar-refractivity contribution >= 4 is 46.1 Å². The first kappa shape index (κ1) is 40.6. The van der Waals surface area contributed by atoms with Crippen molar-refractivity contribution in [2.75, 3.05) is 9.80 Å². The molecule has 0 N–H and O–H groups in total. The first-order valence-corrected chi connectivity index (χ1v) is 23.4. The highest BCUT2D eigenvalue weighted by Crippen LogP contribution is 2.56. The van der Waals surface area contributed by atoms with E-state index >= 15 is 0 Å². The number of anilines is 5. The summed E-state index contributed by atoms with van der Waals surface area (Å²) in [5.41, 5.74) is 20.9. The fourth-order valence-corrected chi connectivity index (χ4v) is 12.0. The third-order valence-corrected chi connectivity index (χ3v) is 16.1. The van der Waals surface area contributed by atoms with Crippen LogP contribution in [0.4, 0.5) is 28.4 Å². The SMILES string of the molecule is Cc1cc2c3c(c1)N(c1ccc4c(c1)C(C)(C)CCC4(C)C)C1c4cc(C(C)(C)C)ccc4OC1B3c1cc3c(cc1N2c1ccc(C(C)(C)C)cc1)C(C)(C)CCC3(C)C. The van der Waals surface area contributed by atoms with Crippen LogP contribution in [-0.4, -0.2) is 12.7 Å². The molecule has 3 nitrogen and oxygen atoms in total. The molecule has 3 aliphatic heterocycles. The summed E-state index contributed by atoms with van der Waals surface area (Å²) in [6.07, 6.45) is 4.74. The standard InChI is InChI=1S/C57H69BN2O/c1-34-28-46-49-47(29-34)60(38-21-22-40-41(31-38)55(10,11)25-24-54(40,8)9)50-39-30-36(53(5,6)7)18-23-48(39)61-51(50)58(49)44-32-42-43(57(14,15)27-26-56(42,12)13)33-45(44)59(46)37-19-16-35(17-20-37)52(2,3)4/h16-23,28-33,50-51H,24-27H2,1-15H3. The van der Waals surface area contributed by atoms with Gasteiger partial charge in [0, 0.05) is 34.0 Å². The van der Waals surface area contributed by atoms with E-state index in [9.17, 15) is 0 Å². The molecule has 5 aliphatic rings. The monoisotopic (exact) mass is 809 g/mol. The summed E-state index contributed by atoms with van der Waals surface area (Å²) in [4.78, 5) is 5.35. The van der Waals surface area contributed by atoms with Crippen molar-refractivity contribution in [2.45, 2.75) is 174 Å². The summed E-state index contributed by atoms with van der Waals surface area (Å²) < 4.78 is 7.52. The maximum Gasteiger partial charge on any atom is 0.267 e. The molecule has 0 spiro atoms. The molecule has 61 heavy (non-hydrogen) atoms. The highest BCUT2D eigenvalue weighted by Gasteiger charge is 2.56. The molecule has 0 bridgehead atoms. The van der Waals surface area contributed by atoms with Gasteiger partial charge in [-0.3, -0.25) is 0 Å². The molecule has 5 aromatic carbocycles. The summed E-state index contributed by atoms with van der Waals surface area (Å²) in [6.45, 7) is 36.0. The Morgan fingerprint density at radius 3 is 1.67 bits per heavy atom. The van der Waals surface area contributed by atoms with Crippen molar-refractivity contribution in [3.63, 3.8) is 0 Å². The third kappa shape index (κ3) is 6.11. The quantitative estimate of drug-likeness (QED) is 0.165. The van der Waals surface area contributed by atoms with Crippen LogP contribution in [0.5, 0.6) is 5.75 Å². The fraction of sp³-hybridized carbons (Fsp3) is 0.474. The second-order valence-corrected chi connectivity index (χ2v) is 24.4. The number of hydrogen-bond donors (Lipinski definition) is 0. The van der Waals surface area contributed by atoms with Crippen LogP contribution in [0.3, 0.4) is 0 Å². The predicted molar refractivity (Wildman–Crippen MR) is 261 cm³/mol. The van der Waals surface area contributed by atoms with Gasteiger partial charge in [-0.1, -0.05) is 127 Å². The Morgan fingerprint density at radius 2 is 1.07 bits per heavy atom. The first-order chi connectivity index (χ1) is 28.4. The van der Waals surface area contributed by atoms with Crippen LogP contribution in [-0.2, 0) is 32.5 Å². The second kappa shape index (κ2) is 12.8. The lowest BCUT2D eigenvalue weighted by Gasteiger charge is -2.50. The van der Waals surface area contributed by atoms with Crippen LogP contribution >= 0.6 is 0 Å². The highest BCUT2D eigenvalue weighted by molar-refractivity contribution is 6.91. The smallest absolute Gasteiger partial charge is 0.267 e. The van der Waals surface area contributed by atoms with Gasteiger partial charge >= 0.3 is 0 Å². The minimum Gasteiger partial charge on any atom is -0.495 e. The largest absolute Gasteiger partial charge is 0.495 e. The molecule has 2 aliphatic carbocycles. The molecule has 4 heteroatoms. The number of rotatable bonds is 2. The summed E-state index contributed by atoms with van der Waals surface area (Å²) in [5, 5.41) is 0. The van der Waals surface area contributed by atoms with E-state index in [0.717, 1.165) is 5.75 Å². The molecular weight excluding hydrogens is 739 g/mol. The van der Waals surface area contributed by atoms with Crippen molar-refractivity contribution in [3.8, 4) is 5.75 Å². The summed E-state index contributed by atoms with van der Waals surface area (Å²) >= 11 is 0. The zero-order valence-electron chi connectivity index (χ0n) is 39.9. The first-order valence-electron chi connectivity index (χ1n) is 23.4. The number of nitrogens with zero attached hydrogens (tertiary/aromatic N) is 2. The lowest BCUT2D eigenvalue weighted by atomic mass is 9.32. The normalized spacial score (nSPS) is 22.3. The molecule has 0 fully saturated rings. The minimum atomic E-state index is -0.124. The van der Waals surface area contributed by atoms with Crippen molar-refractivity contribution < 1.29 is 4.74 Å². The van der Waals surface area contributed by atoms with E-state index in [1.54, 1.807) is 0 Å². The number of hydrogen-bond acceptors (Lipinski definition) is 3. The second-order valence-electron chi connectivity index (χ2n) is 24.4. The van der Waals surface area contributed by atoms with E-state index in [-0.39, 0.29) is 51.2 Å². The Kier molecular flexibility index (Phi) is 8.54. The number of ether oxygens (including phenoxy) is 1.